The molecule has 0 radical (unpaired) electrons. The Balaban J connectivity index is 2.26. The largest absolute Gasteiger partial charge is 0.326 e. The summed E-state index contributed by atoms with van der Waals surface area (Å²) in [5.74, 6) is -0.0479. The molecule has 2 rings (SSSR count). The molecule has 0 atom stereocenters. The van der Waals surface area contributed by atoms with E-state index in [0.717, 1.165) is 11.3 Å². The maximum absolute atomic E-state index is 10.9. The Hall–Kier alpha value is -2.09. The van der Waals surface area contributed by atoms with Crippen LogP contribution in [0.25, 0.3) is 11.1 Å². The van der Waals surface area contributed by atoms with Gasteiger partial charge in [-0.25, -0.2) is 0 Å². The van der Waals surface area contributed by atoms with E-state index in [1.807, 2.05) is 30.3 Å². The molecule has 0 heterocycles. The van der Waals surface area contributed by atoms with Crippen molar-refractivity contribution in [2.45, 2.75) is 13.8 Å². The second kappa shape index (κ2) is 4.83. The number of nitrogens with one attached hydrogen (secondary N) is 1. The summed E-state index contributed by atoms with van der Waals surface area (Å²) in [5.41, 5.74) is 4.42. The molecular weight excluding hydrogens is 210 g/mol. The summed E-state index contributed by atoms with van der Waals surface area (Å²) in [5, 5.41) is 2.76. The monoisotopic (exact) mass is 225 g/mol. The minimum atomic E-state index is -0.0479. The Bertz CT molecular complexity index is 529. The highest BCUT2D eigenvalue weighted by atomic mass is 16.1. The number of anilines is 1. The van der Waals surface area contributed by atoms with Crippen LogP contribution >= 0.6 is 0 Å². The number of carbonyl (C=O) groups excluding carboxylic acids is 1. The van der Waals surface area contributed by atoms with Crippen LogP contribution in [0, 0.1) is 6.92 Å². The van der Waals surface area contributed by atoms with Crippen LogP contribution in [0.15, 0.2) is 48.5 Å². The van der Waals surface area contributed by atoms with Gasteiger partial charge in [0.15, 0.2) is 0 Å². The molecule has 1 N–H and O–H groups in total. The van der Waals surface area contributed by atoms with E-state index in [4.69, 9.17) is 0 Å². The predicted octanol–water partition coefficient (Wildman–Crippen LogP) is 3.62. The smallest absolute Gasteiger partial charge is 0.221 e. The van der Waals surface area contributed by atoms with E-state index < -0.39 is 0 Å². The molecule has 0 unspecified atom stereocenters. The van der Waals surface area contributed by atoms with Gasteiger partial charge in [-0.05, 0) is 30.2 Å². The van der Waals surface area contributed by atoms with E-state index in [9.17, 15) is 4.79 Å². The highest BCUT2D eigenvalue weighted by Gasteiger charge is 1.99. The van der Waals surface area contributed by atoms with E-state index in [1.54, 1.807) is 0 Å². The summed E-state index contributed by atoms with van der Waals surface area (Å²) in [6.45, 7) is 3.59. The van der Waals surface area contributed by atoms with Crippen LogP contribution in [0.5, 0.6) is 0 Å². The number of rotatable bonds is 2. The summed E-state index contributed by atoms with van der Waals surface area (Å²) in [4.78, 5) is 10.9. The summed E-state index contributed by atoms with van der Waals surface area (Å²) in [6, 6.07) is 16.2. The first-order valence-corrected chi connectivity index (χ1v) is 5.60. The lowest BCUT2D eigenvalue weighted by Crippen LogP contribution is -2.05. The fourth-order valence-electron chi connectivity index (χ4n) is 1.77. The van der Waals surface area contributed by atoms with Crippen LogP contribution in [-0.2, 0) is 4.79 Å². The first-order chi connectivity index (χ1) is 8.15. The number of aryl methyl sites for hydroxylation is 1. The zero-order valence-electron chi connectivity index (χ0n) is 10.0. The van der Waals surface area contributed by atoms with E-state index in [1.165, 1.54) is 18.1 Å². The van der Waals surface area contributed by atoms with Crippen LogP contribution in [0.2, 0.25) is 0 Å². The van der Waals surface area contributed by atoms with Crippen molar-refractivity contribution < 1.29 is 4.79 Å². The van der Waals surface area contributed by atoms with Crippen molar-refractivity contribution in [2.24, 2.45) is 0 Å². The standard InChI is InChI=1S/C15H15NO/c1-11-4-3-5-14(10-11)13-6-8-15(9-7-13)16-12(2)17/h3-10H,1-2H3,(H,16,17). The van der Waals surface area contributed by atoms with Crippen LogP contribution < -0.4 is 5.32 Å². The van der Waals surface area contributed by atoms with Crippen LogP contribution in [0.3, 0.4) is 0 Å². The minimum Gasteiger partial charge on any atom is -0.326 e. The number of carbonyl (C=O) groups is 1. The van der Waals surface area contributed by atoms with E-state index in [-0.39, 0.29) is 5.91 Å². The molecule has 0 spiro atoms. The number of benzene rings is 2. The normalized spacial score (nSPS) is 10.0. The maximum Gasteiger partial charge on any atom is 0.221 e. The first-order valence-electron chi connectivity index (χ1n) is 5.60. The molecule has 1 amide bonds. The molecule has 2 aromatic carbocycles. The number of hydrogen-bond donors (Lipinski definition) is 1. The van der Waals surface area contributed by atoms with Crippen molar-refractivity contribution in [2.75, 3.05) is 5.32 Å². The van der Waals surface area contributed by atoms with Crippen molar-refractivity contribution in [3.05, 3.63) is 54.1 Å². The van der Waals surface area contributed by atoms with Gasteiger partial charge in [0.2, 0.25) is 5.91 Å². The van der Waals surface area contributed by atoms with Crippen molar-refractivity contribution >= 4 is 11.6 Å². The average Bonchev–Trinajstić information content (AvgIpc) is 2.29. The molecule has 0 bridgehead atoms. The van der Waals surface area contributed by atoms with Crippen LogP contribution in [0.1, 0.15) is 12.5 Å². The van der Waals surface area contributed by atoms with Gasteiger partial charge in [0, 0.05) is 12.6 Å². The van der Waals surface area contributed by atoms with Gasteiger partial charge in [0.05, 0.1) is 0 Å². The number of amides is 1. The summed E-state index contributed by atoms with van der Waals surface area (Å²) in [6.07, 6.45) is 0. The van der Waals surface area contributed by atoms with Gasteiger partial charge in [-0.3, -0.25) is 4.79 Å². The van der Waals surface area contributed by atoms with Gasteiger partial charge in [0.1, 0.15) is 0 Å². The molecule has 0 aromatic heterocycles. The van der Waals surface area contributed by atoms with Crippen LogP contribution in [-0.4, -0.2) is 5.91 Å². The zero-order valence-corrected chi connectivity index (χ0v) is 10.0. The average molecular weight is 225 g/mol. The Kier molecular flexibility index (Phi) is 3.24. The van der Waals surface area contributed by atoms with Crippen LogP contribution in [0.4, 0.5) is 5.69 Å². The lowest BCUT2D eigenvalue weighted by molar-refractivity contribution is -0.114. The zero-order chi connectivity index (χ0) is 12.3. The fourth-order valence-corrected chi connectivity index (χ4v) is 1.77. The highest BCUT2D eigenvalue weighted by molar-refractivity contribution is 5.88. The molecule has 0 fully saturated rings. The molecule has 0 saturated carbocycles. The predicted molar refractivity (Wildman–Crippen MR) is 70.9 cm³/mol. The van der Waals surface area contributed by atoms with Crippen molar-refractivity contribution in [1.29, 1.82) is 0 Å². The van der Waals surface area contributed by atoms with Crippen molar-refractivity contribution in [3.63, 3.8) is 0 Å². The lowest BCUT2D eigenvalue weighted by Gasteiger charge is -2.05. The first kappa shape index (κ1) is 11.4. The molecule has 0 saturated heterocycles. The molecule has 0 aliphatic carbocycles. The van der Waals surface area contributed by atoms with Crippen molar-refractivity contribution in [1.82, 2.24) is 0 Å². The Morgan fingerprint density at radius 1 is 1.00 bits per heavy atom. The number of hydrogen-bond acceptors (Lipinski definition) is 1. The third kappa shape index (κ3) is 2.94. The topological polar surface area (TPSA) is 29.1 Å². The van der Waals surface area contributed by atoms with Gasteiger partial charge in [-0.15, -0.1) is 0 Å². The van der Waals surface area contributed by atoms with E-state index in [2.05, 4.69) is 30.4 Å². The van der Waals surface area contributed by atoms with Gasteiger partial charge < -0.3 is 5.32 Å². The Labute approximate surface area is 101 Å². The molecule has 2 heteroatoms. The second-order valence-electron chi connectivity index (χ2n) is 4.13. The molecule has 0 aliphatic heterocycles. The van der Waals surface area contributed by atoms with Gasteiger partial charge in [-0.1, -0.05) is 42.0 Å². The second-order valence-corrected chi connectivity index (χ2v) is 4.13. The van der Waals surface area contributed by atoms with Gasteiger partial charge in [-0.2, -0.15) is 0 Å². The van der Waals surface area contributed by atoms with Gasteiger partial charge >= 0.3 is 0 Å². The summed E-state index contributed by atoms with van der Waals surface area (Å²) >= 11 is 0. The molecular formula is C15H15NO. The summed E-state index contributed by atoms with van der Waals surface area (Å²) < 4.78 is 0. The molecule has 2 aromatic rings. The Morgan fingerprint density at radius 2 is 1.71 bits per heavy atom. The molecule has 2 nitrogen and oxygen atoms in total. The quantitative estimate of drug-likeness (QED) is 0.831. The molecule has 17 heavy (non-hydrogen) atoms. The molecule has 0 aliphatic rings. The van der Waals surface area contributed by atoms with Gasteiger partial charge in [0.25, 0.3) is 0 Å². The van der Waals surface area contributed by atoms with E-state index >= 15 is 0 Å². The lowest BCUT2D eigenvalue weighted by atomic mass is 10.0. The minimum absolute atomic E-state index is 0.0479. The third-order valence-electron chi connectivity index (χ3n) is 2.56. The summed E-state index contributed by atoms with van der Waals surface area (Å²) in [7, 11) is 0. The van der Waals surface area contributed by atoms with Crippen molar-refractivity contribution in [3.8, 4) is 11.1 Å². The Morgan fingerprint density at radius 3 is 2.29 bits per heavy atom. The fraction of sp³-hybridized carbons (Fsp3) is 0.133. The maximum atomic E-state index is 10.9. The van der Waals surface area contributed by atoms with E-state index in [0.29, 0.717) is 0 Å². The molecule has 86 valence electrons. The third-order valence-corrected chi connectivity index (χ3v) is 2.56. The SMILES string of the molecule is CC(=O)Nc1ccc(-c2cccc(C)c2)cc1. The highest BCUT2D eigenvalue weighted by Crippen LogP contribution is 2.22.